The zero-order valence-electron chi connectivity index (χ0n) is 27.0. The Kier molecular flexibility index (Phi) is 21.4. The van der Waals surface area contributed by atoms with Crippen molar-refractivity contribution in [3.8, 4) is 0 Å². The second-order valence-electron chi connectivity index (χ2n) is 12.0. The highest BCUT2D eigenvalue weighted by Crippen LogP contribution is 2.23. The Bertz CT molecular complexity index is 762. The number of hydrogen-bond acceptors (Lipinski definition) is 10. The van der Waals surface area contributed by atoms with Crippen molar-refractivity contribution in [3.05, 3.63) is 0 Å². The normalized spacial score (nSPS) is 13.4. The standard InChI is InChI=1S/C28H52BBr2N3O10/c1-25(2,29)22(37)32-17-28(18-33-23(38)26(3,4)30,19-34-24(39)27(5,6)31)20-44-14-12-42-10-8-40-7-9-41-11-13-43-16-21(36)15-35/h21,35-36H,7-20H2,1-6H3,(H,32,37)(H,33,38)(H,34,39). The van der Waals surface area contributed by atoms with Crippen molar-refractivity contribution in [3.63, 3.8) is 0 Å². The predicted octanol–water partition coefficient (Wildman–Crippen LogP) is 0.472. The number of amides is 3. The molecule has 0 saturated heterocycles. The summed E-state index contributed by atoms with van der Waals surface area (Å²) >= 11 is 6.71. The summed E-state index contributed by atoms with van der Waals surface area (Å²) in [7, 11) is 5.96. The Hall–Kier alpha value is -0.845. The number of aliphatic hydroxyl groups excluding tert-OH is 2. The van der Waals surface area contributed by atoms with Gasteiger partial charge in [0.25, 0.3) is 0 Å². The fourth-order valence-electron chi connectivity index (χ4n) is 3.13. The number of hydrogen-bond donors (Lipinski definition) is 5. The largest absolute Gasteiger partial charge is 0.394 e. The Labute approximate surface area is 280 Å². The second-order valence-corrected chi connectivity index (χ2v) is 16.0. The molecular weight excluding hydrogens is 709 g/mol. The molecule has 0 aromatic carbocycles. The Morgan fingerprint density at radius 1 is 0.659 bits per heavy atom. The van der Waals surface area contributed by atoms with E-state index in [0.717, 1.165) is 0 Å². The summed E-state index contributed by atoms with van der Waals surface area (Å²) in [6.45, 7) is 12.7. The van der Waals surface area contributed by atoms with Crippen LogP contribution in [0.1, 0.15) is 41.5 Å². The lowest BCUT2D eigenvalue weighted by Gasteiger charge is -2.36. The van der Waals surface area contributed by atoms with Crippen molar-refractivity contribution >= 4 is 57.4 Å². The predicted molar refractivity (Wildman–Crippen MR) is 174 cm³/mol. The maximum absolute atomic E-state index is 12.7. The monoisotopic (exact) mass is 759 g/mol. The fraction of sp³-hybridized carbons (Fsp3) is 0.893. The lowest BCUT2D eigenvalue weighted by Crippen LogP contribution is -2.57. The van der Waals surface area contributed by atoms with Gasteiger partial charge in [-0.1, -0.05) is 45.7 Å². The van der Waals surface area contributed by atoms with Gasteiger partial charge in [0.05, 0.1) is 89.2 Å². The topological polar surface area (TPSA) is 174 Å². The van der Waals surface area contributed by atoms with Crippen LogP contribution in [0.25, 0.3) is 0 Å². The number of aliphatic hydroxyl groups is 2. The third-order valence-corrected chi connectivity index (χ3v) is 6.67. The maximum atomic E-state index is 12.7. The molecule has 1 unspecified atom stereocenters. The van der Waals surface area contributed by atoms with E-state index in [0.29, 0.717) is 39.6 Å². The molecule has 0 saturated carbocycles. The molecule has 0 spiro atoms. The first-order valence-corrected chi connectivity index (χ1v) is 16.1. The van der Waals surface area contributed by atoms with Crippen molar-refractivity contribution < 1.29 is 48.3 Å². The van der Waals surface area contributed by atoms with E-state index in [4.69, 9.17) is 36.6 Å². The van der Waals surface area contributed by atoms with Crippen molar-refractivity contribution in [2.45, 2.75) is 61.6 Å². The average Bonchev–Trinajstić information content (AvgIpc) is 2.93. The van der Waals surface area contributed by atoms with Crippen LogP contribution in [0, 0.1) is 5.41 Å². The number of carbonyl (C=O) groups excluding carboxylic acids is 3. The molecule has 256 valence electrons. The highest BCUT2D eigenvalue weighted by molar-refractivity contribution is 9.10. The summed E-state index contributed by atoms with van der Waals surface area (Å²) < 4.78 is 25.8. The van der Waals surface area contributed by atoms with Crippen LogP contribution in [0.4, 0.5) is 0 Å². The van der Waals surface area contributed by atoms with E-state index < -0.39 is 25.5 Å². The van der Waals surface area contributed by atoms with Gasteiger partial charge in [0.2, 0.25) is 17.7 Å². The minimum absolute atomic E-state index is 0.0553. The Morgan fingerprint density at radius 2 is 1.00 bits per heavy atom. The minimum atomic E-state index is -1.13. The van der Waals surface area contributed by atoms with Crippen LogP contribution in [0.3, 0.4) is 0 Å². The summed E-state index contributed by atoms with van der Waals surface area (Å²) in [5, 5.41) is 25.4. The van der Waals surface area contributed by atoms with Gasteiger partial charge in [0, 0.05) is 30.4 Å². The molecule has 0 aliphatic rings. The lowest BCUT2D eigenvalue weighted by atomic mass is 9.71. The van der Waals surface area contributed by atoms with Gasteiger partial charge in [0.1, 0.15) is 6.10 Å². The molecule has 0 bridgehead atoms. The lowest BCUT2D eigenvalue weighted by molar-refractivity contribution is -0.124. The highest BCUT2D eigenvalue weighted by Gasteiger charge is 2.37. The quantitative estimate of drug-likeness (QED) is 0.0474. The smallest absolute Gasteiger partial charge is 0.236 e. The van der Waals surface area contributed by atoms with Gasteiger partial charge in [-0.2, -0.15) is 0 Å². The zero-order chi connectivity index (χ0) is 33.9. The summed E-state index contributed by atoms with van der Waals surface area (Å²) in [6.07, 6.45) is -0.887. The van der Waals surface area contributed by atoms with Crippen LogP contribution in [0.5, 0.6) is 0 Å². The van der Waals surface area contributed by atoms with Crippen LogP contribution in [-0.4, -0.2) is 143 Å². The summed E-state index contributed by atoms with van der Waals surface area (Å²) in [6, 6.07) is 0. The number of halogens is 2. The highest BCUT2D eigenvalue weighted by atomic mass is 79.9. The third-order valence-electron chi connectivity index (χ3n) is 5.95. The fourth-order valence-corrected chi connectivity index (χ4v) is 3.41. The molecule has 13 nitrogen and oxygen atoms in total. The molecule has 0 aromatic heterocycles. The Morgan fingerprint density at radius 3 is 1.34 bits per heavy atom. The molecule has 16 heteroatoms. The number of rotatable bonds is 26. The van der Waals surface area contributed by atoms with Crippen LogP contribution < -0.4 is 16.0 Å². The molecule has 0 aliphatic carbocycles. The Balaban J connectivity index is 4.86. The van der Waals surface area contributed by atoms with Crippen LogP contribution in [0.15, 0.2) is 0 Å². The molecule has 5 N–H and O–H groups in total. The maximum Gasteiger partial charge on any atom is 0.236 e. The summed E-state index contributed by atoms with van der Waals surface area (Å²) in [4.78, 5) is 38.0. The first kappa shape index (κ1) is 43.2. The van der Waals surface area contributed by atoms with Gasteiger partial charge in [0.15, 0.2) is 0 Å². The van der Waals surface area contributed by atoms with Crippen molar-refractivity contribution in [2.24, 2.45) is 5.41 Å². The molecule has 0 aromatic rings. The first-order chi connectivity index (χ1) is 20.3. The van der Waals surface area contributed by atoms with E-state index in [9.17, 15) is 19.5 Å². The molecule has 2 radical (unpaired) electrons. The molecule has 0 fully saturated rings. The molecule has 0 rings (SSSR count). The van der Waals surface area contributed by atoms with Gasteiger partial charge < -0.3 is 49.8 Å². The van der Waals surface area contributed by atoms with E-state index in [2.05, 4.69) is 47.8 Å². The van der Waals surface area contributed by atoms with Crippen molar-refractivity contribution in [2.75, 3.05) is 92.3 Å². The number of nitrogens with one attached hydrogen (secondary N) is 3. The third kappa shape index (κ3) is 21.0. The van der Waals surface area contributed by atoms with E-state index in [-0.39, 0.29) is 70.4 Å². The van der Waals surface area contributed by atoms with Crippen LogP contribution in [0.2, 0.25) is 5.31 Å². The molecule has 3 amide bonds. The number of alkyl halides is 2. The summed E-state index contributed by atoms with van der Waals surface area (Å²) in [5.41, 5.74) is -0.907. The summed E-state index contributed by atoms with van der Waals surface area (Å²) in [5.74, 6) is -0.917. The average molecular weight is 761 g/mol. The number of ether oxygens (including phenoxy) is 5. The SMILES string of the molecule is [B]C(C)(C)C(=O)NCC(CNC(=O)C(C)(C)Br)(CNC(=O)C(C)(C)Br)COCCOCCOCCOCCOCC(O)CO. The van der Waals surface area contributed by atoms with Gasteiger partial charge in [-0.25, -0.2) is 0 Å². The molecule has 1 atom stereocenters. The number of carbonyl (C=O) groups is 3. The van der Waals surface area contributed by atoms with E-state index in [1.807, 2.05) is 0 Å². The van der Waals surface area contributed by atoms with Crippen molar-refractivity contribution in [1.82, 2.24) is 16.0 Å². The molecular formula is C28H52BBr2N3O10. The first-order valence-electron chi connectivity index (χ1n) is 14.5. The van der Waals surface area contributed by atoms with Gasteiger partial charge >= 0.3 is 0 Å². The van der Waals surface area contributed by atoms with E-state index >= 15 is 0 Å². The van der Waals surface area contributed by atoms with Gasteiger partial charge in [-0.15, -0.1) is 0 Å². The second kappa shape index (κ2) is 21.9. The molecule has 0 heterocycles. The van der Waals surface area contributed by atoms with E-state index in [1.165, 1.54) is 0 Å². The van der Waals surface area contributed by atoms with Gasteiger partial charge in [-0.05, 0) is 27.7 Å². The minimum Gasteiger partial charge on any atom is -0.394 e. The van der Waals surface area contributed by atoms with Crippen LogP contribution >= 0.6 is 31.9 Å². The molecule has 0 aliphatic heterocycles. The molecule has 44 heavy (non-hydrogen) atoms. The zero-order valence-corrected chi connectivity index (χ0v) is 30.1. The van der Waals surface area contributed by atoms with E-state index in [1.54, 1.807) is 41.5 Å². The van der Waals surface area contributed by atoms with Gasteiger partial charge in [-0.3, -0.25) is 14.4 Å². The van der Waals surface area contributed by atoms with Crippen LogP contribution in [-0.2, 0) is 38.1 Å². The van der Waals surface area contributed by atoms with Crippen molar-refractivity contribution in [1.29, 1.82) is 0 Å².